The number of nitro groups is 1. The lowest BCUT2D eigenvalue weighted by Gasteiger charge is -2.16. The zero-order valence-electron chi connectivity index (χ0n) is 9.55. The lowest BCUT2D eigenvalue weighted by Crippen LogP contribution is -2.21. The van der Waals surface area contributed by atoms with E-state index in [1.165, 1.54) is 6.07 Å². The molecule has 0 aliphatic carbocycles. The van der Waals surface area contributed by atoms with Gasteiger partial charge in [0, 0.05) is 6.07 Å². The van der Waals surface area contributed by atoms with E-state index in [0.717, 1.165) is 12.1 Å². The maximum atomic E-state index is 10.7. The van der Waals surface area contributed by atoms with Crippen LogP contribution in [0.3, 0.4) is 0 Å². The predicted octanol–water partition coefficient (Wildman–Crippen LogP) is 0.335. The van der Waals surface area contributed by atoms with E-state index < -0.39 is 35.2 Å². The number of aliphatic hydroxyl groups is 2. The van der Waals surface area contributed by atoms with Crippen LogP contribution in [-0.4, -0.2) is 32.3 Å². The Hall–Kier alpha value is -2.50. The van der Waals surface area contributed by atoms with Crippen molar-refractivity contribution in [3.8, 4) is 6.07 Å². The Bertz CT molecular complexity index is 551. The van der Waals surface area contributed by atoms with Gasteiger partial charge in [-0.15, -0.1) is 0 Å². The summed E-state index contributed by atoms with van der Waals surface area (Å²) in [4.78, 5) is 20.3. The number of benzene rings is 1. The van der Waals surface area contributed by atoms with Gasteiger partial charge in [0.15, 0.2) is 0 Å². The lowest BCUT2D eigenvalue weighted by molar-refractivity contribution is -0.385. The maximum absolute atomic E-state index is 10.7. The van der Waals surface area contributed by atoms with Gasteiger partial charge in [-0.3, -0.25) is 14.9 Å². The first-order valence-corrected chi connectivity index (χ1v) is 5.13. The maximum Gasteiger partial charge on any atom is 0.306 e. The minimum Gasteiger partial charge on any atom is -0.481 e. The molecule has 1 aromatic rings. The highest BCUT2D eigenvalue weighted by Gasteiger charge is 2.24. The average molecular weight is 266 g/mol. The smallest absolute Gasteiger partial charge is 0.306 e. The molecule has 0 amide bonds. The van der Waals surface area contributed by atoms with E-state index >= 15 is 0 Å². The van der Waals surface area contributed by atoms with Gasteiger partial charge in [-0.05, 0) is 11.6 Å². The summed E-state index contributed by atoms with van der Waals surface area (Å²) in [5, 5.41) is 47.0. The zero-order valence-corrected chi connectivity index (χ0v) is 9.55. The van der Waals surface area contributed by atoms with E-state index in [0.29, 0.717) is 0 Å². The number of hydrogen-bond acceptors (Lipinski definition) is 6. The molecule has 0 saturated heterocycles. The second-order valence-corrected chi connectivity index (χ2v) is 3.76. The second kappa shape index (κ2) is 5.90. The van der Waals surface area contributed by atoms with Gasteiger partial charge in [0.1, 0.15) is 17.7 Å². The van der Waals surface area contributed by atoms with Crippen molar-refractivity contribution < 1.29 is 25.0 Å². The molecule has 0 aliphatic rings. The van der Waals surface area contributed by atoms with Gasteiger partial charge in [0.05, 0.1) is 17.4 Å². The number of nitriles is 1. The number of aliphatic carboxylic acids is 1. The Morgan fingerprint density at radius 1 is 1.47 bits per heavy atom. The third-order valence-electron chi connectivity index (χ3n) is 2.43. The van der Waals surface area contributed by atoms with Crippen molar-refractivity contribution in [1.82, 2.24) is 0 Å². The standard InChI is InChI=1S/C11H10N2O6/c12-5-7-2-1-6(3-8(7)13(18)19)11(17)9(14)4-10(15)16/h1-3,9,11,14,17H,4H2,(H,15,16). The molecule has 100 valence electrons. The van der Waals surface area contributed by atoms with Crippen LogP contribution in [0.15, 0.2) is 18.2 Å². The summed E-state index contributed by atoms with van der Waals surface area (Å²) < 4.78 is 0. The van der Waals surface area contributed by atoms with Crippen molar-refractivity contribution >= 4 is 11.7 Å². The van der Waals surface area contributed by atoms with E-state index in [9.17, 15) is 25.1 Å². The molecule has 1 aromatic carbocycles. The van der Waals surface area contributed by atoms with E-state index in [2.05, 4.69) is 0 Å². The SMILES string of the molecule is N#Cc1ccc(C(O)C(O)CC(=O)O)cc1[N+](=O)[O-]. The molecule has 2 unspecified atom stereocenters. The molecular weight excluding hydrogens is 256 g/mol. The van der Waals surface area contributed by atoms with Crippen molar-refractivity contribution in [2.24, 2.45) is 0 Å². The van der Waals surface area contributed by atoms with Gasteiger partial charge in [0.25, 0.3) is 5.69 Å². The number of nitro benzene ring substituents is 1. The third-order valence-corrected chi connectivity index (χ3v) is 2.43. The fourth-order valence-corrected chi connectivity index (χ4v) is 1.49. The van der Waals surface area contributed by atoms with Gasteiger partial charge in [-0.2, -0.15) is 5.26 Å². The number of carboxylic acid groups (broad SMARTS) is 1. The van der Waals surface area contributed by atoms with Crippen LogP contribution in [0.25, 0.3) is 0 Å². The lowest BCUT2D eigenvalue weighted by atomic mass is 10.00. The highest BCUT2D eigenvalue weighted by atomic mass is 16.6. The largest absolute Gasteiger partial charge is 0.481 e. The van der Waals surface area contributed by atoms with E-state index in [1.807, 2.05) is 0 Å². The first kappa shape index (κ1) is 14.6. The number of carbonyl (C=O) groups is 1. The Labute approximate surface area is 107 Å². The summed E-state index contributed by atoms with van der Waals surface area (Å²) in [6.45, 7) is 0. The number of rotatable bonds is 5. The molecule has 2 atom stereocenters. The average Bonchev–Trinajstić information content (AvgIpc) is 2.36. The van der Waals surface area contributed by atoms with Gasteiger partial charge in [0.2, 0.25) is 0 Å². The Kier molecular flexibility index (Phi) is 4.52. The van der Waals surface area contributed by atoms with Crippen LogP contribution in [0.4, 0.5) is 5.69 Å². The molecular formula is C11H10N2O6. The van der Waals surface area contributed by atoms with Gasteiger partial charge < -0.3 is 15.3 Å². The number of carboxylic acids is 1. The van der Waals surface area contributed by atoms with Crippen LogP contribution in [0.1, 0.15) is 23.7 Å². The molecule has 8 heteroatoms. The summed E-state index contributed by atoms with van der Waals surface area (Å²) in [6.07, 6.45) is -3.87. The molecule has 0 radical (unpaired) electrons. The summed E-state index contributed by atoms with van der Waals surface area (Å²) in [5.41, 5.74) is -0.727. The third kappa shape index (κ3) is 3.48. The fourth-order valence-electron chi connectivity index (χ4n) is 1.49. The van der Waals surface area contributed by atoms with E-state index in [4.69, 9.17) is 10.4 Å². The first-order valence-electron chi connectivity index (χ1n) is 5.13. The Morgan fingerprint density at radius 3 is 2.58 bits per heavy atom. The molecule has 19 heavy (non-hydrogen) atoms. The molecule has 0 bridgehead atoms. The molecule has 3 N–H and O–H groups in total. The van der Waals surface area contributed by atoms with Crippen molar-refractivity contribution in [1.29, 1.82) is 5.26 Å². The zero-order chi connectivity index (χ0) is 14.6. The quantitative estimate of drug-likeness (QED) is 0.514. The normalized spacial score (nSPS) is 13.3. The van der Waals surface area contributed by atoms with Gasteiger partial charge in [-0.1, -0.05) is 6.07 Å². The highest BCUT2D eigenvalue weighted by molar-refractivity contribution is 5.67. The number of nitrogens with zero attached hydrogens (tertiary/aromatic N) is 2. The van der Waals surface area contributed by atoms with Crippen molar-refractivity contribution in [3.05, 3.63) is 39.4 Å². The molecule has 0 aromatic heterocycles. The topological polar surface area (TPSA) is 145 Å². The molecule has 0 spiro atoms. The molecule has 1 rings (SSSR count). The molecule has 0 saturated carbocycles. The van der Waals surface area contributed by atoms with E-state index in [-0.39, 0.29) is 11.1 Å². The molecule has 0 fully saturated rings. The summed E-state index contributed by atoms with van der Waals surface area (Å²) in [6, 6.07) is 4.92. The molecule has 0 heterocycles. The van der Waals surface area contributed by atoms with Crippen molar-refractivity contribution in [2.45, 2.75) is 18.6 Å². The predicted molar refractivity (Wildman–Crippen MR) is 61.0 cm³/mol. The second-order valence-electron chi connectivity index (χ2n) is 3.76. The Morgan fingerprint density at radius 2 is 2.11 bits per heavy atom. The van der Waals surface area contributed by atoms with Gasteiger partial charge in [-0.25, -0.2) is 0 Å². The first-order chi connectivity index (χ1) is 8.86. The van der Waals surface area contributed by atoms with Crippen LogP contribution in [0.2, 0.25) is 0 Å². The van der Waals surface area contributed by atoms with Crippen molar-refractivity contribution in [2.75, 3.05) is 0 Å². The van der Waals surface area contributed by atoms with Gasteiger partial charge >= 0.3 is 5.97 Å². The minimum absolute atomic E-state index is 0.0283. The fraction of sp³-hybridized carbons (Fsp3) is 0.273. The van der Waals surface area contributed by atoms with Crippen LogP contribution in [0, 0.1) is 21.4 Å². The summed E-state index contributed by atoms with van der Waals surface area (Å²) >= 11 is 0. The van der Waals surface area contributed by atoms with Crippen LogP contribution in [0.5, 0.6) is 0 Å². The Balaban J connectivity index is 3.08. The molecule has 0 aliphatic heterocycles. The summed E-state index contributed by atoms with van der Waals surface area (Å²) in [5.74, 6) is -1.31. The highest BCUT2D eigenvalue weighted by Crippen LogP contribution is 2.26. The minimum atomic E-state index is -1.59. The van der Waals surface area contributed by atoms with Crippen LogP contribution < -0.4 is 0 Å². The number of hydrogen-bond donors (Lipinski definition) is 3. The number of aliphatic hydroxyl groups excluding tert-OH is 2. The monoisotopic (exact) mass is 266 g/mol. The van der Waals surface area contributed by atoms with Crippen LogP contribution >= 0.6 is 0 Å². The van der Waals surface area contributed by atoms with Crippen molar-refractivity contribution in [3.63, 3.8) is 0 Å². The van der Waals surface area contributed by atoms with Crippen LogP contribution in [-0.2, 0) is 4.79 Å². The van der Waals surface area contributed by atoms with E-state index in [1.54, 1.807) is 6.07 Å². The summed E-state index contributed by atoms with van der Waals surface area (Å²) in [7, 11) is 0. The molecule has 8 nitrogen and oxygen atoms in total.